The molecule has 1 aromatic carbocycles. The van der Waals surface area contributed by atoms with Gasteiger partial charge in [-0.3, -0.25) is 0 Å². The molecule has 1 saturated carbocycles. The quantitative estimate of drug-likeness (QED) is 0.621. The van der Waals surface area contributed by atoms with E-state index in [0.29, 0.717) is 0 Å². The second kappa shape index (κ2) is 3.27. The van der Waals surface area contributed by atoms with Gasteiger partial charge >= 0.3 is 0 Å². The van der Waals surface area contributed by atoms with Crippen LogP contribution < -0.4 is 0 Å². The second-order valence-corrected chi connectivity index (χ2v) is 4.60. The van der Waals surface area contributed by atoms with Crippen molar-refractivity contribution in [2.45, 2.75) is 25.7 Å². The van der Waals surface area contributed by atoms with Gasteiger partial charge in [-0.05, 0) is 48.7 Å². The van der Waals surface area contributed by atoms with Crippen molar-refractivity contribution in [1.82, 2.24) is 0 Å². The first-order valence-electron chi connectivity index (χ1n) is 5.70. The van der Waals surface area contributed by atoms with Crippen molar-refractivity contribution >= 4 is 5.57 Å². The molecule has 0 unspecified atom stereocenters. The molecule has 1 fully saturated rings. The monoisotopic (exact) mass is 184 g/mol. The Labute approximate surface area is 85.6 Å². The van der Waals surface area contributed by atoms with E-state index in [1.807, 2.05) is 0 Å². The molecule has 0 heteroatoms. The summed E-state index contributed by atoms with van der Waals surface area (Å²) in [6.45, 7) is 0. The Hall–Kier alpha value is -1.04. The maximum atomic E-state index is 2.53. The fourth-order valence-electron chi connectivity index (χ4n) is 2.95. The van der Waals surface area contributed by atoms with Crippen molar-refractivity contribution in [3.05, 3.63) is 42.0 Å². The molecule has 2 bridgehead atoms. The van der Waals surface area contributed by atoms with Gasteiger partial charge in [-0.15, -0.1) is 0 Å². The molecule has 0 radical (unpaired) electrons. The van der Waals surface area contributed by atoms with Gasteiger partial charge in [-0.1, -0.05) is 36.4 Å². The van der Waals surface area contributed by atoms with Crippen molar-refractivity contribution in [2.24, 2.45) is 11.8 Å². The van der Waals surface area contributed by atoms with Crippen LogP contribution in [0.5, 0.6) is 0 Å². The van der Waals surface area contributed by atoms with Crippen LogP contribution in [0.15, 0.2) is 36.4 Å². The van der Waals surface area contributed by atoms with E-state index in [1.54, 1.807) is 5.57 Å². The Balaban J connectivity index is 2.00. The van der Waals surface area contributed by atoms with Crippen LogP contribution >= 0.6 is 0 Å². The average molecular weight is 184 g/mol. The molecule has 0 N–H and O–H groups in total. The average Bonchev–Trinajstić information content (AvgIpc) is 2.32. The maximum absolute atomic E-state index is 2.53. The van der Waals surface area contributed by atoms with Gasteiger partial charge in [0.15, 0.2) is 0 Å². The van der Waals surface area contributed by atoms with Crippen molar-refractivity contribution in [1.29, 1.82) is 0 Å². The third kappa shape index (κ3) is 1.30. The van der Waals surface area contributed by atoms with Crippen LogP contribution in [0.4, 0.5) is 0 Å². The first kappa shape index (κ1) is 8.28. The molecular formula is C14H16. The first-order valence-corrected chi connectivity index (χ1v) is 5.70. The highest BCUT2D eigenvalue weighted by molar-refractivity contribution is 5.69. The topological polar surface area (TPSA) is 0 Å². The lowest BCUT2D eigenvalue weighted by molar-refractivity contribution is 0.340. The minimum atomic E-state index is 0.863. The van der Waals surface area contributed by atoms with E-state index in [2.05, 4.69) is 36.4 Å². The van der Waals surface area contributed by atoms with E-state index >= 15 is 0 Å². The number of hydrogen-bond acceptors (Lipinski definition) is 0. The third-order valence-electron chi connectivity index (χ3n) is 3.73. The van der Waals surface area contributed by atoms with Gasteiger partial charge in [0.2, 0.25) is 0 Å². The summed E-state index contributed by atoms with van der Waals surface area (Å²) in [5.74, 6) is 1.75. The van der Waals surface area contributed by atoms with Crippen LogP contribution in [-0.2, 0) is 0 Å². The summed E-state index contributed by atoms with van der Waals surface area (Å²) in [5.41, 5.74) is 3.09. The summed E-state index contributed by atoms with van der Waals surface area (Å²) in [6.07, 6.45) is 8.24. The minimum absolute atomic E-state index is 0.863. The maximum Gasteiger partial charge on any atom is -0.0159 e. The van der Waals surface area contributed by atoms with E-state index in [-0.39, 0.29) is 0 Å². The molecule has 0 amide bonds. The van der Waals surface area contributed by atoms with E-state index in [1.165, 1.54) is 31.2 Å². The van der Waals surface area contributed by atoms with Gasteiger partial charge in [0.1, 0.15) is 0 Å². The third-order valence-corrected chi connectivity index (χ3v) is 3.73. The van der Waals surface area contributed by atoms with Crippen LogP contribution in [0, 0.1) is 11.8 Å². The molecule has 3 aliphatic carbocycles. The number of hydrogen-bond donors (Lipinski definition) is 0. The van der Waals surface area contributed by atoms with Gasteiger partial charge < -0.3 is 0 Å². The molecule has 0 nitrogen and oxygen atoms in total. The Morgan fingerprint density at radius 2 is 1.57 bits per heavy atom. The summed E-state index contributed by atoms with van der Waals surface area (Å²) in [5, 5.41) is 0. The summed E-state index contributed by atoms with van der Waals surface area (Å²) in [4.78, 5) is 0. The van der Waals surface area contributed by atoms with Gasteiger partial charge in [-0.25, -0.2) is 0 Å². The number of benzene rings is 1. The predicted octanol–water partition coefficient (Wildman–Crippen LogP) is 3.89. The molecule has 4 rings (SSSR count). The highest BCUT2D eigenvalue weighted by atomic mass is 14.3. The predicted molar refractivity (Wildman–Crippen MR) is 59.9 cm³/mol. The van der Waals surface area contributed by atoms with E-state index in [0.717, 1.165) is 11.8 Å². The number of rotatable bonds is 1. The summed E-state index contributed by atoms with van der Waals surface area (Å²) >= 11 is 0. The molecule has 0 spiro atoms. The van der Waals surface area contributed by atoms with Crippen molar-refractivity contribution in [3.8, 4) is 0 Å². The van der Waals surface area contributed by atoms with Crippen molar-refractivity contribution in [3.63, 3.8) is 0 Å². The lowest BCUT2D eigenvalue weighted by atomic mass is 9.70. The molecule has 1 aromatic rings. The lowest BCUT2D eigenvalue weighted by Crippen LogP contribution is -2.20. The highest BCUT2D eigenvalue weighted by Crippen LogP contribution is 2.44. The van der Waals surface area contributed by atoms with Crippen LogP contribution in [0.1, 0.15) is 31.2 Å². The number of allylic oxidation sites excluding steroid dienone is 2. The van der Waals surface area contributed by atoms with Gasteiger partial charge in [0.25, 0.3) is 0 Å². The molecule has 72 valence electrons. The van der Waals surface area contributed by atoms with Crippen LogP contribution in [0.2, 0.25) is 0 Å². The molecular weight excluding hydrogens is 168 g/mol. The standard InChI is InChI=1S/C14H16/c1-2-4-12(5-3-1)14-10-11-6-8-13(14)9-7-11/h1-5,10-11,13H,6-9H2. The van der Waals surface area contributed by atoms with Crippen molar-refractivity contribution in [2.75, 3.05) is 0 Å². The second-order valence-electron chi connectivity index (χ2n) is 4.60. The molecule has 0 aromatic heterocycles. The van der Waals surface area contributed by atoms with Gasteiger partial charge in [0.05, 0.1) is 0 Å². The van der Waals surface area contributed by atoms with E-state index < -0.39 is 0 Å². The van der Waals surface area contributed by atoms with Gasteiger partial charge in [-0.2, -0.15) is 0 Å². The van der Waals surface area contributed by atoms with Crippen LogP contribution in [-0.4, -0.2) is 0 Å². The summed E-state index contributed by atoms with van der Waals surface area (Å²) < 4.78 is 0. The first-order chi connectivity index (χ1) is 6.93. The molecule has 0 aliphatic heterocycles. The van der Waals surface area contributed by atoms with Crippen molar-refractivity contribution < 1.29 is 0 Å². The largest absolute Gasteiger partial charge is 0.0773 e. The fourth-order valence-corrected chi connectivity index (χ4v) is 2.95. The zero-order valence-electron chi connectivity index (χ0n) is 8.45. The van der Waals surface area contributed by atoms with Crippen LogP contribution in [0.25, 0.3) is 5.57 Å². The molecule has 0 saturated heterocycles. The summed E-state index contributed by atoms with van der Waals surface area (Å²) in [6, 6.07) is 10.9. The van der Waals surface area contributed by atoms with E-state index in [9.17, 15) is 0 Å². The van der Waals surface area contributed by atoms with E-state index in [4.69, 9.17) is 0 Å². The Morgan fingerprint density at radius 1 is 0.857 bits per heavy atom. The molecule has 3 aliphatic rings. The zero-order chi connectivity index (χ0) is 9.38. The SMILES string of the molecule is C1=C(c2ccccc2)C2CCC1CC2. The smallest absolute Gasteiger partial charge is 0.0159 e. The Morgan fingerprint density at radius 3 is 2.14 bits per heavy atom. The van der Waals surface area contributed by atoms with Crippen LogP contribution in [0.3, 0.4) is 0 Å². The van der Waals surface area contributed by atoms with Gasteiger partial charge in [0, 0.05) is 0 Å². The minimum Gasteiger partial charge on any atom is -0.0773 e. The number of fused-ring (bicyclic) bond motifs is 2. The molecule has 0 atom stereocenters. The fraction of sp³-hybridized carbons (Fsp3) is 0.429. The summed E-state index contributed by atoms with van der Waals surface area (Å²) in [7, 11) is 0. The Kier molecular flexibility index (Phi) is 1.93. The molecule has 0 heterocycles. The lowest BCUT2D eigenvalue weighted by Gasteiger charge is -2.35. The Bertz CT molecular complexity index is 340. The normalized spacial score (nSPS) is 30.1. The molecule has 14 heavy (non-hydrogen) atoms. The highest BCUT2D eigenvalue weighted by Gasteiger charge is 2.29. The zero-order valence-corrected chi connectivity index (χ0v) is 8.45.